The predicted molar refractivity (Wildman–Crippen MR) is 105 cm³/mol. The van der Waals surface area contributed by atoms with Gasteiger partial charge in [0.25, 0.3) is 10.0 Å². The summed E-state index contributed by atoms with van der Waals surface area (Å²) in [7, 11) is -3.79. The van der Waals surface area contributed by atoms with Crippen LogP contribution >= 0.6 is 11.6 Å². The largest absolute Gasteiger partial charge is 0.297 e. The quantitative estimate of drug-likeness (QED) is 0.777. The maximum atomic E-state index is 13.5. The second-order valence-corrected chi connectivity index (χ2v) is 9.41. The molecule has 3 fully saturated rings. The fourth-order valence-corrected chi connectivity index (χ4v) is 5.79. The number of rotatable bonds is 3. The van der Waals surface area contributed by atoms with E-state index >= 15 is 0 Å². The van der Waals surface area contributed by atoms with Gasteiger partial charge in [-0.3, -0.25) is 9.80 Å². The number of hydrogen-bond donors (Lipinski definition) is 0. The van der Waals surface area contributed by atoms with Crippen LogP contribution in [0.15, 0.2) is 53.4 Å². The Morgan fingerprint density at radius 1 is 1.00 bits per heavy atom. The SMILES string of the molecule is Cc1ccc(S(=O)(=O)N2[C@H]3CCC[C@H](C(=O)C3)N2c2ccc(Cl)cc2)cc1. The van der Waals surface area contributed by atoms with Crippen molar-refractivity contribution in [3.8, 4) is 0 Å². The first-order chi connectivity index (χ1) is 12.9. The molecule has 2 aromatic carbocycles. The summed E-state index contributed by atoms with van der Waals surface area (Å²) < 4.78 is 28.5. The molecule has 2 aliphatic heterocycles. The van der Waals surface area contributed by atoms with Crippen LogP contribution in [0, 0.1) is 6.92 Å². The Morgan fingerprint density at radius 3 is 2.33 bits per heavy atom. The Hall–Kier alpha value is -1.89. The predicted octanol–water partition coefficient (Wildman–Crippen LogP) is 3.95. The summed E-state index contributed by atoms with van der Waals surface area (Å²) >= 11 is 6.01. The summed E-state index contributed by atoms with van der Waals surface area (Å²) in [6, 6.07) is 13.0. The number of sulfonamides is 1. The van der Waals surface area contributed by atoms with Gasteiger partial charge in [-0.25, -0.2) is 8.42 Å². The summed E-state index contributed by atoms with van der Waals surface area (Å²) in [6.45, 7) is 1.92. The lowest BCUT2D eigenvalue weighted by Crippen LogP contribution is -2.61. The van der Waals surface area contributed by atoms with E-state index in [1.807, 2.05) is 6.92 Å². The molecule has 1 saturated carbocycles. The van der Waals surface area contributed by atoms with Crippen LogP contribution in [0.2, 0.25) is 5.02 Å². The van der Waals surface area contributed by atoms with E-state index in [9.17, 15) is 13.2 Å². The van der Waals surface area contributed by atoms with E-state index in [-0.39, 0.29) is 23.1 Å². The molecular weight excluding hydrogens is 384 g/mol. The molecule has 5 rings (SSSR count). The lowest BCUT2D eigenvalue weighted by Gasteiger charge is -2.45. The van der Waals surface area contributed by atoms with Crippen molar-refractivity contribution in [2.75, 3.05) is 5.01 Å². The van der Waals surface area contributed by atoms with E-state index in [0.29, 0.717) is 23.6 Å². The molecule has 2 atom stereocenters. The Kier molecular flexibility index (Phi) is 4.74. The minimum atomic E-state index is -3.79. The molecule has 1 aliphatic carbocycles. The molecule has 0 amide bonds. The Bertz CT molecular complexity index is 958. The highest BCUT2D eigenvalue weighted by Crippen LogP contribution is 2.39. The van der Waals surface area contributed by atoms with E-state index < -0.39 is 16.1 Å². The highest BCUT2D eigenvalue weighted by atomic mass is 35.5. The van der Waals surface area contributed by atoms with Crippen molar-refractivity contribution in [3.05, 3.63) is 59.1 Å². The topological polar surface area (TPSA) is 57.7 Å². The van der Waals surface area contributed by atoms with Gasteiger partial charge in [0.05, 0.1) is 16.6 Å². The van der Waals surface area contributed by atoms with Crippen LogP contribution in [0.4, 0.5) is 5.69 Å². The standard InChI is InChI=1S/C20H21ClN2O3S/c1-14-5-11-18(12-6-14)27(25,26)23-17-3-2-4-19(20(24)13-17)22(23)16-9-7-15(21)8-10-16/h5-12,17,19H,2-4,13H2,1H3/t17-,19+/m0/s1. The second-order valence-electron chi connectivity index (χ2n) is 7.18. The van der Waals surface area contributed by atoms with Crippen molar-refractivity contribution in [2.45, 2.75) is 49.6 Å². The lowest BCUT2D eigenvalue weighted by atomic mass is 10.0. The third-order valence-electron chi connectivity index (χ3n) is 5.30. The van der Waals surface area contributed by atoms with Crippen molar-refractivity contribution < 1.29 is 13.2 Å². The highest BCUT2D eigenvalue weighted by Gasteiger charge is 2.48. The molecule has 2 bridgehead atoms. The zero-order chi connectivity index (χ0) is 19.2. The summed E-state index contributed by atoms with van der Waals surface area (Å²) in [4.78, 5) is 12.9. The summed E-state index contributed by atoms with van der Waals surface area (Å²) in [5.41, 5.74) is 1.66. The minimum absolute atomic E-state index is 0.0998. The van der Waals surface area contributed by atoms with Crippen molar-refractivity contribution >= 4 is 33.1 Å². The van der Waals surface area contributed by atoms with E-state index in [1.165, 1.54) is 4.41 Å². The number of benzene rings is 2. The van der Waals surface area contributed by atoms with Crippen molar-refractivity contribution in [2.24, 2.45) is 0 Å². The average Bonchev–Trinajstić information content (AvgIpc) is 2.94. The summed E-state index contributed by atoms with van der Waals surface area (Å²) in [5.74, 6) is 0.0998. The van der Waals surface area contributed by atoms with Gasteiger partial charge in [0, 0.05) is 11.4 Å². The van der Waals surface area contributed by atoms with Gasteiger partial charge in [-0.15, -0.1) is 4.41 Å². The van der Waals surface area contributed by atoms with Crippen LogP contribution in [-0.4, -0.2) is 30.7 Å². The first-order valence-corrected chi connectivity index (χ1v) is 10.9. The van der Waals surface area contributed by atoms with Gasteiger partial charge in [0.1, 0.15) is 6.04 Å². The number of ketones is 1. The minimum Gasteiger partial charge on any atom is -0.297 e. The molecule has 27 heavy (non-hydrogen) atoms. The molecule has 0 radical (unpaired) electrons. The second kappa shape index (κ2) is 6.93. The molecular formula is C20H21ClN2O3S. The highest BCUT2D eigenvalue weighted by molar-refractivity contribution is 7.89. The van der Waals surface area contributed by atoms with Gasteiger partial charge in [-0.2, -0.15) is 0 Å². The van der Waals surface area contributed by atoms with Crippen molar-refractivity contribution in [3.63, 3.8) is 0 Å². The third-order valence-corrected chi connectivity index (χ3v) is 7.39. The van der Waals surface area contributed by atoms with Crippen LogP contribution in [0.1, 0.15) is 31.2 Å². The summed E-state index contributed by atoms with van der Waals surface area (Å²) in [6.07, 6.45) is 2.42. The molecule has 5 nitrogen and oxygen atoms in total. The van der Waals surface area contributed by atoms with Crippen LogP contribution in [-0.2, 0) is 14.8 Å². The maximum Gasteiger partial charge on any atom is 0.260 e. The first kappa shape index (κ1) is 18.5. The van der Waals surface area contributed by atoms with Crippen LogP contribution in [0.3, 0.4) is 0 Å². The van der Waals surface area contributed by atoms with Crippen molar-refractivity contribution in [1.29, 1.82) is 0 Å². The summed E-state index contributed by atoms with van der Waals surface area (Å²) in [5, 5.41) is 2.24. The number of aryl methyl sites for hydroxylation is 1. The van der Waals surface area contributed by atoms with E-state index in [0.717, 1.165) is 12.0 Å². The molecule has 142 valence electrons. The molecule has 0 N–H and O–H groups in total. The molecule has 7 heteroatoms. The Balaban J connectivity index is 1.85. The zero-order valence-electron chi connectivity index (χ0n) is 15.0. The average molecular weight is 405 g/mol. The number of carbonyl (C=O) groups excluding carboxylic acids is 1. The van der Waals surface area contributed by atoms with Gasteiger partial charge in [0.2, 0.25) is 0 Å². The number of hydrazine groups is 1. The van der Waals surface area contributed by atoms with E-state index in [2.05, 4.69) is 0 Å². The van der Waals surface area contributed by atoms with Gasteiger partial charge in [0.15, 0.2) is 5.78 Å². The number of anilines is 1. The van der Waals surface area contributed by atoms with Gasteiger partial charge >= 0.3 is 0 Å². The molecule has 2 heterocycles. The molecule has 0 unspecified atom stereocenters. The fourth-order valence-electron chi connectivity index (χ4n) is 3.96. The molecule has 2 aromatic rings. The lowest BCUT2D eigenvalue weighted by molar-refractivity contribution is -0.123. The van der Waals surface area contributed by atoms with Crippen LogP contribution in [0.25, 0.3) is 0 Å². The fraction of sp³-hybridized carbons (Fsp3) is 0.350. The van der Waals surface area contributed by atoms with E-state index in [1.54, 1.807) is 53.5 Å². The Labute approximate surface area is 164 Å². The smallest absolute Gasteiger partial charge is 0.260 e. The van der Waals surface area contributed by atoms with Crippen molar-refractivity contribution in [1.82, 2.24) is 4.41 Å². The molecule has 0 aromatic heterocycles. The number of carbonyl (C=O) groups is 1. The number of hydrogen-bond acceptors (Lipinski definition) is 4. The number of Topliss-reactive ketones (excluding diaryl/α,β-unsaturated/α-hetero) is 1. The molecule has 0 spiro atoms. The van der Waals surface area contributed by atoms with Gasteiger partial charge in [-0.1, -0.05) is 29.3 Å². The number of fused-ring (bicyclic) bond motifs is 4. The van der Waals surface area contributed by atoms with Crippen LogP contribution < -0.4 is 5.01 Å². The molecule has 2 saturated heterocycles. The van der Waals surface area contributed by atoms with Gasteiger partial charge < -0.3 is 0 Å². The normalized spacial score (nSPS) is 23.5. The van der Waals surface area contributed by atoms with Gasteiger partial charge in [-0.05, 0) is 62.6 Å². The molecule has 3 aliphatic rings. The first-order valence-electron chi connectivity index (χ1n) is 9.06. The van der Waals surface area contributed by atoms with E-state index in [4.69, 9.17) is 11.6 Å². The number of halogens is 1. The zero-order valence-corrected chi connectivity index (χ0v) is 16.6. The number of nitrogens with zero attached hydrogens (tertiary/aromatic N) is 2. The Morgan fingerprint density at radius 2 is 1.67 bits per heavy atom. The monoisotopic (exact) mass is 404 g/mol. The maximum absolute atomic E-state index is 13.5. The third kappa shape index (κ3) is 3.26. The van der Waals surface area contributed by atoms with Crippen LogP contribution in [0.5, 0.6) is 0 Å².